The molecular formula is C26H33N3O2. The molecule has 0 bridgehead atoms. The lowest BCUT2D eigenvalue weighted by molar-refractivity contribution is -0.121. The number of benzene rings is 2. The van der Waals surface area contributed by atoms with Crippen molar-refractivity contribution in [1.29, 1.82) is 0 Å². The molecule has 3 aromatic rings. The Morgan fingerprint density at radius 2 is 1.84 bits per heavy atom. The van der Waals surface area contributed by atoms with Crippen molar-refractivity contribution in [2.75, 3.05) is 26.7 Å². The van der Waals surface area contributed by atoms with Crippen molar-refractivity contribution in [1.82, 2.24) is 15.2 Å². The molecule has 0 aliphatic heterocycles. The molecule has 2 N–H and O–H groups in total. The van der Waals surface area contributed by atoms with Gasteiger partial charge < -0.3 is 19.9 Å². The Balaban J connectivity index is 1.35. The molecule has 1 heterocycles. The second kappa shape index (κ2) is 10.5. The number of carbonyl (C=O) groups is 1. The summed E-state index contributed by atoms with van der Waals surface area (Å²) in [6.45, 7) is 2.88. The quantitative estimate of drug-likeness (QED) is 0.498. The van der Waals surface area contributed by atoms with Crippen LogP contribution in [0.25, 0.3) is 22.0 Å². The van der Waals surface area contributed by atoms with Gasteiger partial charge >= 0.3 is 0 Å². The molecule has 1 aromatic heterocycles. The van der Waals surface area contributed by atoms with E-state index < -0.39 is 0 Å². The second-order valence-corrected chi connectivity index (χ2v) is 8.47. The van der Waals surface area contributed by atoms with Crippen molar-refractivity contribution >= 4 is 16.8 Å². The Morgan fingerprint density at radius 1 is 1.03 bits per heavy atom. The third kappa shape index (κ3) is 5.47. The molecule has 4 rings (SSSR count). The highest BCUT2D eigenvalue weighted by Crippen LogP contribution is 2.30. The maximum atomic E-state index is 12.6. The predicted molar refractivity (Wildman–Crippen MR) is 126 cm³/mol. The van der Waals surface area contributed by atoms with Gasteiger partial charge in [0.15, 0.2) is 0 Å². The normalized spacial score (nSPS) is 14.6. The standard InChI is InChI=1S/C26H33N3O2/c1-31-23-12-10-21(11-13-23)24-9-5-8-22-14-17-29(26(22)24)19-25(30)28-16-15-27-18-20-6-3-2-4-7-20/h5,8-14,17,20,27H,2-4,6-7,15-16,18-19H2,1H3,(H,28,30). The number of rotatable bonds is 9. The number of hydrogen-bond acceptors (Lipinski definition) is 3. The zero-order chi connectivity index (χ0) is 21.5. The highest BCUT2D eigenvalue weighted by Gasteiger charge is 2.13. The van der Waals surface area contributed by atoms with Crippen molar-refractivity contribution in [3.05, 3.63) is 54.7 Å². The van der Waals surface area contributed by atoms with E-state index in [0.717, 1.165) is 46.8 Å². The summed E-state index contributed by atoms with van der Waals surface area (Å²) in [6.07, 6.45) is 8.81. The maximum Gasteiger partial charge on any atom is 0.239 e. The van der Waals surface area contributed by atoms with Gasteiger partial charge in [0, 0.05) is 30.2 Å². The van der Waals surface area contributed by atoms with Crippen LogP contribution in [0.3, 0.4) is 0 Å². The number of hydrogen-bond donors (Lipinski definition) is 2. The van der Waals surface area contributed by atoms with Gasteiger partial charge in [-0.25, -0.2) is 0 Å². The number of fused-ring (bicyclic) bond motifs is 1. The van der Waals surface area contributed by atoms with Gasteiger partial charge in [0.25, 0.3) is 0 Å². The van der Waals surface area contributed by atoms with E-state index in [-0.39, 0.29) is 5.91 Å². The number of nitrogens with one attached hydrogen (secondary N) is 2. The van der Waals surface area contributed by atoms with Crippen molar-refractivity contribution in [2.24, 2.45) is 5.92 Å². The van der Waals surface area contributed by atoms with Crippen molar-refractivity contribution in [3.63, 3.8) is 0 Å². The Hall–Kier alpha value is -2.79. The minimum atomic E-state index is 0.0431. The second-order valence-electron chi connectivity index (χ2n) is 8.47. The van der Waals surface area contributed by atoms with E-state index in [0.29, 0.717) is 13.1 Å². The van der Waals surface area contributed by atoms with Gasteiger partial charge in [-0.3, -0.25) is 4.79 Å². The lowest BCUT2D eigenvalue weighted by Gasteiger charge is -2.21. The summed E-state index contributed by atoms with van der Waals surface area (Å²) in [6, 6.07) is 16.4. The molecule has 0 unspecified atom stereocenters. The van der Waals surface area contributed by atoms with Crippen LogP contribution in [0.5, 0.6) is 5.75 Å². The van der Waals surface area contributed by atoms with Crippen LogP contribution < -0.4 is 15.4 Å². The Labute approximate surface area is 184 Å². The molecule has 0 saturated heterocycles. The van der Waals surface area contributed by atoms with E-state index in [1.807, 2.05) is 22.9 Å². The molecular weight excluding hydrogens is 386 g/mol. The van der Waals surface area contributed by atoms with Gasteiger partial charge in [-0.1, -0.05) is 49.6 Å². The van der Waals surface area contributed by atoms with Crippen LogP contribution in [0.4, 0.5) is 0 Å². The van der Waals surface area contributed by atoms with Crippen LogP contribution in [0.1, 0.15) is 32.1 Å². The topological polar surface area (TPSA) is 55.3 Å². The number of ether oxygens (including phenoxy) is 1. The molecule has 31 heavy (non-hydrogen) atoms. The average molecular weight is 420 g/mol. The summed E-state index contributed by atoms with van der Waals surface area (Å²) < 4.78 is 7.32. The Bertz CT molecular complexity index is 988. The van der Waals surface area contributed by atoms with Crippen LogP contribution in [0.15, 0.2) is 54.7 Å². The van der Waals surface area contributed by atoms with E-state index in [1.165, 1.54) is 32.1 Å². The van der Waals surface area contributed by atoms with Crippen LogP contribution in [0.2, 0.25) is 0 Å². The minimum Gasteiger partial charge on any atom is -0.497 e. The molecule has 5 heteroatoms. The number of amides is 1. The lowest BCUT2D eigenvalue weighted by atomic mass is 9.89. The van der Waals surface area contributed by atoms with Gasteiger partial charge in [-0.05, 0) is 49.1 Å². The monoisotopic (exact) mass is 419 g/mol. The van der Waals surface area contributed by atoms with E-state index in [1.54, 1.807) is 7.11 Å². The zero-order valence-corrected chi connectivity index (χ0v) is 18.4. The maximum absolute atomic E-state index is 12.6. The van der Waals surface area contributed by atoms with Gasteiger partial charge in [0.05, 0.1) is 12.6 Å². The fraction of sp³-hybridized carbons (Fsp3) is 0.423. The molecule has 1 saturated carbocycles. The van der Waals surface area contributed by atoms with Gasteiger partial charge in [-0.15, -0.1) is 0 Å². The van der Waals surface area contributed by atoms with Gasteiger partial charge in [0.2, 0.25) is 5.91 Å². The molecule has 2 aromatic carbocycles. The van der Waals surface area contributed by atoms with Crippen LogP contribution in [-0.4, -0.2) is 37.2 Å². The average Bonchev–Trinajstić information content (AvgIpc) is 3.22. The highest BCUT2D eigenvalue weighted by atomic mass is 16.5. The SMILES string of the molecule is COc1ccc(-c2cccc3ccn(CC(=O)NCCNCC4CCCCC4)c23)cc1. The third-order valence-electron chi connectivity index (χ3n) is 6.29. The Kier molecular flexibility index (Phi) is 7.26. The number of carbonyl (C=O) groups excluding carboxylic acids is 1. The molecule has 164 valence electrons. The lowest BCUT2D eigenvalue weighted by Crippen LogP contribution is -2.35. The molecule has 0 radical (unpaired) electrons. The molecule has 5 nitrogen and oxygen atoms in total. The first kappa shape index (κ1) is 21.4. The number of aromatic nitrogens is 1. The zero-order valence-electron chi connectivity index (χ0n) is 18.4. The van der Waals surface area contributed by atoms with Crippen molar-refractivity contribution in [2.45, 2.75) is 38.6 Å². The highest BCUT2D eigenvalue weighted by molar-refractivity contribution is 5.95. The molecule has 0 atom stereocenters. The molecule has 1 fully saturated rings. The number of methoxy groups -OCH3 is 1. The summed E-state index contributed by atoms with van der Waals surface area (Å²) in [4.78, 5) is 12.6. The summed E-state index contributed by atoms with van der Waals surface area (Å²) in [5.74, 6) is 1.69. The molecule has 1 aliphatic carbocycles. The fourth-order valence-electron chi connectivity index (χ4n) is 4.59. The first-order valence-corrected chi connectivity index (χ1v) is 11.4. The number of nitrogens with zero attached hydrogens (tertiary/aromatic N) is 1. The van der Waals surface area contributed by atoms with Crippen LogP contribution in [0, 0.1) is 5.92 Å². The van der Waals surface area contributed by atoms with Crippen LogP contribution >= 0.6 is 0 Å². The third-order valence-corrected chi connectivity index (χ3v) is 6.29. The van der Waals surface area contributed by atoms with Gasteiger partial charge in [0.1, 0.15) is 12.3 Å². The van der Waals surface area contributed by atoms with E-state index >= 15 is 0 Å². The molecule has 1 aliphatic rings. The first-order valence-electron chi connectivity index (χ1n) is 11.4. The van der Waals surface area contributed by atoms with E-state index in [9.17, 15) is 4.79 Å². The smallest absolute Gasteiger partial charge is 0.239 e. The fourth-order valence-corrected chi connectivity index (χ4v) is 4.59. The van der Waals surface area contributed by atoms with Crippen molar-refractivity contribution in [3.8, 4) is 16.9 Å². The largest absolute Gasteiger partial charge is 0.497 e. The van der Waals surface area contributed by atoms with Crippen molar-refractivity contribution < 1.29 is 9.53 Å². The summed E-state index contributed by atoms with van der Waals surface area (Å²) in [5.41, 5.74) is 3.31. The Morgan fingerprint density at radius 3 is 2.61 bits per heavy atom. The van der Waals surface area contributed by atoms with E-state index in [2.05, 4.69) is 47.0 Å². The summed E-state index contributed by atoms with van der Waals surface area (Å²) in [5, 5.41) is 7.70. The molecule has 0 spiro atoms. The van der Waals surface area contributed by atoms with Crippen LogP contribution in [-0.2, 0) is 11.3 Å². The summed E-state index contributed by atoms with van der Waals surface area (Å²) >= 11 is 0. The van der Waals surface area contributed by atoms with E-state index in [4.69, 9.17) is 4.74 Å². The summed E-state index contributed by atoms with van der Waals surface area (Å²) in [7, 11) is 1.67. The number of para-hydroxylation sites is 1. The first-order chi connectivity index (χ1) is 15.2. The van der Waals surface area contributed by atoms with Gasteiger partial charge in [-0.2, -0.15) is 0 Å². The minimum absolute atomic E-state index is 0.0431. The predicted octanol–water partition coefficient (Wildman–Crippen LogP) is 4.60. The molecule has 1 amide bonds.